The summed E-state index contributed by atoms with van der Waals surface area (Å²) < 4.78 is 7.13. The first-order valence-electron chi connectivity index (χ1n) is 5.00. The molecule has 0 fully saturated rings. The molecule has 3 aromatic heterocycles. The minimum Gasteiger partial charge on any atom is -0.506 e. The predicted molar refractivity (Wildman–Crippen MR) is 58.4 cm³/mol. The summed E-state index contributed by atoms with van der Waals surface area (Å²) in [6.45, 7) is 0. The highest BCUT2D eigenvalue weighted by Crippen LogP contribution is 2.16. The van der Waals surface area contributed by atoms with Gasteiger partial charge in [-0.15, -0.1) is 0 Å². The van der Waals surface area contributed by atoms with Crippen LogP contribution < -0.4 is 0 Å². The summed E-state index contributed by atoms with van der Waals surface area (Å²) in [5.41, 5.74) is 0.958. The first-order valence-corrected chi connectivity index (χ1v) is 5.00. The Morgan fingerprint density at radius 1 is 1.31 bits per heavy atom. The Labute approximate surface area is 91.8 Å². The lowest BCUT2D eigenvalue weighted by Gasteiger charge is -2.00. The van der Waals surface area contributed by atoms with Crippen LogP contribution >= 0.6 is 0 Å². The van der Waals surface area contributed by atoms with E-state index in [9.17, 15) is 5.11 Å². The van der Waals surface area contributed by atoms with Crippen LogP contribution in [0.2, 0.25) is 0 Å². The molecule has 0 atom stereocenters. The standard InChI is InChI=1S/C12H10N2O2/c15-10-4-3-9-7-13-12(14(9)8-10)6-11-2-1-5-16-11/h1-5,7-8,15H,6H2. The van der Waals surface area contributed by atoms with Crippen molar-refractivity contribution in [3.05, 3.63) is 54.5 Å². The maximum absolute atomic E-state index is 9.43. The molecule has 80 valence electrons. The van der Waals surface area contributed by atoms with Crippen LogP contribution in [0.1, 0.15) is 11.6 Å². The van der Waals surface area contributed by atoms with Gasteiger partial charge in [0, 0.05) is 0 Å². The van der Waals surface area contributed by atoms with E-state index >= 15 is 0 Å². The van der Waals surface area contributed by atoms with Crippen molar-refractivity contribution in [1.82, 2.24) is 9.38 Å². The molecule has 0 bridgehead atoms. The normalized spacial score (nSPS) is 11.0. The molecule has 3 heterocycles. The average Bonchev–Trinajstić information content (AvgIpc) is 2.90. The Morgan fingerprint density at radius 3 is 3.06 bits per heavy atom. The lowest BCUT2D eigenvalue weighted by molar-refractivity contribution is 0.471. The Morgan fingerprint density at radius 2 is 2.25 bits per heavy atom. The Kier molecular flexibility index (Phi) is 1.93. The van der Waals surface area contributed by atoms with E-state index < -0.39 is 0 Å². The van der Waals surface area contributed by atoms with Gasteiger partial charge >= 0.3 is 0 Å². The maximum Gasteiger partial charge on any atom is 0.132 e. The summed E-state index contributed by atoms with van der Waals surface area (Å²) >= 11 is 0. The van der Waals surface area contributed by atoms with Gasteiger partial charge in [-0.05, 0) is 24.3 Å². The van der Waals surface area contributed by atoms with Crippen LogP contribution in [0.25, 0.3) is 5.52 Å². The largest absolute Gasteiger partial charge is 0.506 e. The third-order valence-corrected chi connectivity index (χ3v) is 2.50. The molecule has 0 aromatic carbocycles. The Balaban J connectivity index is 2.07. The smallest absolute Gasteiger partial charge is 0.132 e. The zero-order chi connectivity index (χ0) is 11.0. The number of aromatic nitrogens is 2. The molecule has 16 heavy (non-hydrogen) atoms. The summed E-state index contributed by atoms with van der Waals surface area (Å²) in [6, 6.07) is 7.23. The van der Waals surface area contributed by atoms with Crippen molar-refractivity contribution in [2.24, 2.45) is 0 Å². The second-order valence-electron chi connectivity index (χ2n) is 3.61. The molecule has 0 aliphatic carbocycles. The third-order valence-electron chi connectivity index (χ3n) is 2.50. The van der Waals surface area contributed by atoms with Gasteiger partial charge in [0.1, 0.15) is 17.3 Å². The van der Waals surface area contributed by atoms with E-state index in [-0.39, 0.29) is 5.75 Å². The molecule has 0 aliphatic heterocycles. The highest BCUT2D eigenvalue weighted by atomic mass is 16.3. The molecule has 3 aromatic rings. The van der Waals surface area contributed by atoms with Crippen LogP contribution in [-0.4, -0.2) is 14.5 Å². The van der Waals surface area contributed by atoms with E-state index in [1.54, 1.807) is 24.7 Å². The van der Waals surface area contributed by atoms with Crippen molar-refractivity contribution >= 4 is 5.52 Å². The number of nitrogens with zero attached hydrogens (tertiary/aromatic N) is 2. The van der Waals surface area contributed by atoms with Crippen LogP contribution in [0.4, 0.5) is 0 Å². The lowest BCUT2D eigenvalue weighted by atomic mass is 10.3. The minimum atomic E-state index is 0.228. The fourth-order valence-electron chi connectivity index (χ4n) is 1.73. The fraction of sp³-hybridized carbons (Fsp3) is 0.0833. The van der Waals surface area contributed by atoms with Crippen molar-refractivity contribution < 1.29 is 9.52 Å². The molecule has 0 unspecified atom stereocenters. The number of fused-ring (bicyclic) bond motifs is 1. The van der Waals surface area contributed by atoms with Crippen LogP contribution in [-0.2, 0) is 6.42 Å². The predicted octanol–water partition coefficient (Wildman–Crippen LogP) is 2.22. The van der Waals surface area contributed by atoms with Gasteiger partial charge in [-0.3, -0.25) is 4.40 Å². The number of rotatable bonds is 2. The zero-order valence-electron chi connectivity index (χ0n) is 8.50. The zero-order valence-corrected chi connectivity index (χ0v) is 8.50. The summed E-state index contributed by atoms with van der Waals surface area (Å²) in [6.07, 6.45) is 5.69. The number of hydrogen-bond acceptors (Lipinski definition) is 3. The first kappa shape index (κ1) is 9.03. The van der Waals surface area contributed by atoms with Crippen molar-refractivity contribution in [2.75, 3.05) is 0 Å². The molecule has 4 nitrogen and oxygen atoms in total. The van der Waals surface area contributed by atoms with E-state index in [1.807, 2.05) is 22.6 Å². The second kappa shape index (κ2) is 3.41. The van der Waals surface area contributed by atoms with Gasteiger partial charge in [-0.25, -0.2) is 4.98 Å². The summed E-state index contributed by atoms with van der Waals surface area (Å²) in [5.74, 6) is 1.93. The molecular formula is C12H10N2O2. The van der Waals surface area contributed by atoms with Crippen molar-refractivity contribution in [2.45, 2.75) is 6.42 Å². The first-order chi connectivity index (χ1) is 7.83. The Hall–Kier alpha value is -2.23. The van der Waals surface area contributed by atoms with Gasteiger partial charge < -0.3 is 9.52 Å². The maximum atomic E-state index is 9.43. The van der Waals surface area contributed by atoms with Crippen molar-refractivity contribution in [1.29, 1.82) is 0 Å². The van der Waals surface area contributed by atoms with Gasteiger partial charge in [0.25, 0.3) is 0 Å². The molecule has 0 amide bonds. The summed E-state index contributed by atoms with van der Waals surface area (Å²) in [7, 11) is 0. The molecular weight excluding hydrogens is 204 g/mol. The van der Waals surface area contributed by atoms with Gasteiger partial charge in [0.2, 0.25) is 0 Å². The molecule has 0 spiro atoms. The van der Waals surface area contributed by atoms with E-state index in [0.29, 0.717) is 6.42 Å². The molecule has 0 saturated carbocycles. The molecule has 0 aliphatic rings. The van der Waals surface area contributed by atoms with Gasteiger partial charge in [0.15, 0.2) is 0 Å². The van der Waals surface area contributed by atoms with E-state index in [2.05, 4.69) is 4.98 Å². The molecule has 1 N–H and O–H groups in total. The number of imidazole rings is 1. The quantitative estimate of drug-likeness (QED) is 0.711. The number of pyridine rings is 1. The van der Waals surface area contributed by atoms with Gasteiger partial charge in [-0.1, -0.05) is 0 Å². The van der Waals surface area contributed by atoms with E-state index in [4.69, 9.17) is 4.42 Å². The fourth-order valence-corrected chi connectivity index (χ4v) is 1.73. The van der Waals surface area contributed by atoms with Crippen LogP contribution in [0.3, 0.4) is 0 Å². The van der Waals surface area contributed by atoms with E-state index in [1.165, 1.54) is 0 Å². The van der Waals surface area contributed by atoms with Gasteiger partial charge in [0.05, 0.1) is 30.6 Å². The highest BCUT2D eigenvalue weighted by Gasteiger charge is 2.06. The minimum absolute atomic E-state index is 0.228. The van der Waals surface area contributed by atoms with Crippen LogP contribution in [0.5, 0.6) is 5.75 Å². The SMILES string of the molecule is Oc1ccc2cnc(Cc3ccco3)n2c1. The number of furan rings is 1. The molecule has 0 radical (unpaired) electrons. The molecule has 3 rings (SSSR count). The highest BCUT2D eigenvalue weighted by molar-refractivity contribution is 5.48. The second-order valence-corrected chi connectivity index (χ2v) is 3.61. The Bertz CT molecular complexity index is 611. The number of hydrogen-bond donors (Lipinski definition) is 1. The molecule has 0 saturated heterocycles. The lowest BCUT2D eigenvalue weighted by Crippen LogP contribution is -1.94. The average molecular weight is 214 g/mol. The monoisotopic (exact) mass is 214 g/mol. The topological polar surface area (TPSA) is 50.7 Å². The van der Waals surface area contributed by atoms with Crippen molar-refractivity contribution in [3.8, 4) is 5.75 Å². The summed E-state index contributed by atoms with van der Waals surface area (Å²) in [4.78, 5) is 4.30. The van der Waals surface area contributed by atoms with Gasteiger partial charge in [-0.2, -0.15) is 0 Å². The van der Waals surface area contributed by atoms with E-state index in [0.717, 1.165) is 17.1 Å². The van der Waals surface area contributed by atoms with Crippen LogP contribution in [0.15, 0.2) is 47.3 Å². The van der Waals surface area contributed by atoms with Crippen molar-refractivity contribution in [3.63, 3.8) is 0 Å². The van der Waals surface area contributed by atoms with Crippen LogP contribution in [0, 0.1) is 0 Å². The molecule has 4 heteroatoms. The number of aromatic hydroxyl groups is 1. The summed E-state index contributed by atoms with van der Waals surface area (Å²) in [5, 5.41) is 9.43. The third kappa shape index (κ3) is 1.44.